The minimum Gasteiger partial charge on any atom is -0.360 e. The molecule has 0 bridgehead atoms. The van der Waals surface area contributed by atoms with Gasteiger partial charge in [-0.3, -0.25) is 0 Å². The second kappa shape index (κ2) is 8.85. The maximum absolute atomic E-state index is 6.83. The number of anilines is 3. The molecule has 2 heteroatoms. The van der Waals surface area contributed by atoms with E-state index in [2.05, 4.69) is 134 Å². The van der Waals surface area contributed by atoms with Gasteiger partial charge in [0.1, 0.15) is 0 Å². The largest absolute Gasteiger partial charge is 0.360 e. The first-order valence-electron chi connectivity index (χ1n) is 13.8. The Morgan fingerprint density at radius 3 is 1.82 bits per heavy atom. The van der Waals surface area contributed by atoms with Gasteiger partial charge in [0.05, 0.1) is 16.9 Å². The third-order valence-corrected chi connectivity index (χ3v) is 8.47. The van der Waals surface area contributed by atoms with Crippen molar-refractivity contribution in [1.29, 1.82) is 0 Å². The predicted octanol–water partition coefficient (Wildman–Crippen LogP) is 10.0. The van der Waals surface area contributed by atoms with E-state index in [4.69, 9.17) is 4.74 Å². The number of hydrogen-bond acceptors (Lipinski definition) is 2. The molecule has 1 heterocycles. The van der Waals surface area contributed by atoms with Crippen molar-refractivity contribution >= 4 is 27.8 Å². The number of para-hydroxylation sites is 2. The average molecular weight is 496 g/mol. The number of fused-ring (bicyclic) bond motifs is 3. The molecule has 5 aromatic carbocycles. The van der Waals surface area contributed by atoms with E-state index in [9.17, 15) is 0 Å². The van der Waals surface area contributed by atoms with Gasteiger partial charge in [-0.2, -0.15) is 0 Å². The van der Waals surface area contributed by atoms with Crippen LogP contribution in [0.2, 0.25) is 0 Å². The molecule has 2 nitrogen and oxygen atoms in total. The van der Waals surface area contributed by atoms with Gasteiger partial charge in [0.15, 0.2) is 0 Å². The zero-order valence-corrected chi connectivity index (χ0v) is 22.2. The molecule has 38 heavy (non-hydrogen) atoms. The summed E-state index contributed by atoms with van der Waals surface area (Å²) in [5.41, 5.74) is 8.24. The van der Waals surface area contributed by atoms with Crippen molar-refractivity contribution in [2.24, 2.45) is 0 Å². The van der Waals surface area contributed by atoms with Crippen LogP contribution in [0, 0.1) is 0 Å². The summed E-state index contributed by atoms with van der Waals surface area (Å²) in [6.07, 6.45) is 4.74. The lowest BCUT2D eigenvalue weighted by Gasteiger charge is -2.28. The first-order chi connectivity index (χ1) is 18.5. The van der Waals surface area contributed by atoms with Crippen molar-refractivity contribution in [3.8, 4) is 11.1 Å². The van der Waals surface area contributed by atoms with Crippen molar-refractivity contribution < 1.29 is 4.74 Å². The number of hydrogen-bond donors (Lipinski definition) is 0. The smallest absolute Gasteiger partial charge is 0.0946 e. The van der Waals surface area contributed by atoms with Crippen molar-refractivity contribution in [1.82, 2.24) is 0 Å². The summed E-state index contributed by atoms with van der Waals surface area (Å²) in [6.45, 7) is 4.48. The molecule has 5 aromatic rings. The van der Waals surface area contributed by atoms with Crippen LogP contribution in [0.1, 0.15) is 50.7 Å². The summed E-state index contributed by atoms with van der Waals surface area (Å²) in [5.74, 6) is 0. The van der Waals surface area contributed by atoms with Gasteiger partial charge in [-0.15, -0.1) is 0 Å². The Balaban J connectivity index is 1.48. The van der Waals surface area contributed by atoms with Crippen LogP contribution < -0.4 is 4.90 Å². The van der Waals surface area contributed by atoms with Crippen LogP contribution in [0.5, 0.6) is 0 Å². The third-order valence-electron chi connectivity index (χ3n) is 8.47. The van der Waals surface area contributed by atoms with Crippen LogP contribution in [0.25, 0.3) is 21.9 Å². The van der Waals surface area contributed by atoms with Crippen LogP contribution in [0.15, 0.2) is 115 Å². The summed E-state index contributed by atoms with van der Waals surface area (Å²) >= 11 is 0. The highest BCUT2D eigenvalue weighted by Crippen LogP contribution is 2.55. The highest BCUT2D eigenvalue weighted by molar-refractivity contribution is 5.98. The Hall–Kier alpha value is -3.88. The molecule has 1 aliphatic carbocycles. The van der Waals surface area contributed by atoms with Gasteiger partial charge in [0.25, 0.3) is 0 Å². The molecular weight excluding hydrogens is 462 g/mol. The highest BCUT2D eigenvalue weighted by Gasteiger charge is 2.50. The van der Waals surface area contributed by atoms with Crippen LogP contribution in [-0.2, 0) is 15.9 Å². The molecule has 0 aromatic heterocycles. The normalized spacial score (nSPS) is 17.1. The van der Waals surface area contributed by atoms with Crippen molar-refractivity contribution in [2.75, 3.05) is 4.90 Å². The Kier molecular flexibility index (Phi) is 5.42. The predicted molar refractivity (Wildman–Crippen MR) is 158 cm³/mol. The lowest BCUT2D eigenvalue weighted by Crippen LogP contribution is -2.25. The monoisotopic (exact) mass is 495 g/mol. The molecule has 1 aliphatic heterocycles. The van der Waals surface area contributed by atoms with Gasteiger partial charge in [0, 0.05) is 16.9 Å². The molecule has 1 spiro atoms. The van der Waals surface area contributed by atoms with E-state index in [0.717, 1.165) is 24.2 Å². The molecule has 0 saturated heterocycles. The number of rotatable bonds is 4. The number of benzene rings is 5. The SMILES string of the molecule is CC1(C)OC2(CCCC2)c2ccc(-c3cc4ccccc4cc3N(c3ccccc3)c3ccccc3)cc21. The van der Waals surface area contributed by atoms with E-state index >= 15 is 0 Å². The standard InChI is InChI=1S/C36H33NO/c1-35(2)33-24-28(19-20-32(33)36(38-35)21-11-12-22-36)31-23-26-13-9-10-14-27(26)25-34(31)37(29-15-5-3-6-16-29)30-17-7-4-8-18-30/h3-10,13-20,23-25H,11-12,21-22H2,1-2H3. The molecular formula is C36H33NO. The maximum Gasteiger partial charge on any atom is 0.0946 e. The van der Waals surface area contributed by atoms with Crippen molar-refractivity contribution in [2.45, 2.75) is 50.7 Å². The van der Waals surface area contributed by atoms with Gasteiger partial charge in [-0.1, -0.05) is 85.6 Å². The van der Waals surface area contributed by atoms with Crippen LogP contribution in [0.4, 0.5) is 17.1 Å². The van der Waals surface area contributed by atoms with Gasteiger partial charge in [0.2, 0.25) is 0 Å². The lowest BCUT2D eigenvalue weighted by molar-refractivity contribution is -0.122. The van der Waals surface area contributed by atoms with Gasteiger partial charge >= 0.3 is 0 Å². The van der Waals surface area contributed by atoms with Gasteiger partial charge in [-0.25, -0.2) is 0 Å². The Labute approximate surface area is 225 Å². The molecule has 0 radical (unpaired) electrons. The van der Waals surface area contributed by atoms with Crippen LogP contribution in [0.3, 0.4) is 0 Å². The first-order valence-corrected chi connectivity index (χ1v) is 13.8. The minimum absolute atomic E-state index is 0.107. The molecule has 1 saturated carbocycles. The maximum atomic E-state index is 6.83. The lowest BCUT2D eigenvalue weighted by atomic mass is 9.85. The van der Waals surface area contributed by atoms with E-state index in [-0.39, 0.29) is 11.2 Å². The summed E-state index contributed by atoms with van der Waals surface area (Å²) in [4.78, 5) is 2.38. The molecule has 2 aliphatic rings. The fourth-order valence-electron chi connectivity index (χ4n) is 6.75. The van der Waals surface area contributed by atoms with Crippen LogP contribution in [-0.4, -0.2) is 0 Å². The van der Waals surface area contributed by atoms with Crippen molar-refractivity contribution in [3.63, 3.8) is 0 Å². The second-order valence-electron chi connectivity index (χ2n) is 11.3. The Bertz CT molecular complexity index is 1570. The summed E-state index contributed by atoms with van der Waals surface area (Å²) in [7, 11) is 0. The third kappa shape index (κ3) is 3.75. The molecule has 7 rings (SSSR count). The summed E-state index contributed by atoms with van der Waals surface area (Å²) in [5, 5.41) is 2.48. The number of nitrogens with zero attached hydrogens (tertiary/aromatic N) is 1. The molecule has 0 amide bonds. The fraction of sp³-hybridized carbons (Fsp3) is 0.222. The van der Waals surface area contributed by atoms with E-state index < -0.39 is 0 Å². The number of ether oxygens (including phenoxy) is 1. The van der Waals surface area contributed by atoms with E-state index in [1.165, 1.54) is 51.6 Å². The minimum atomic E-state index is -0.300. The molecule has 188 valence electrons. The first kappa shape index (κ1) is 23.3. The zero-order valence-electron chi connectivity index (χ0n) is 22.2. The van der Waals surface area contributed by atoms with E-state index in [0.29, 0.717) is 0 Å². The van der Waals surface area contributed by atoms with Gasteiger partial charge in [-0.05, 0) is 96.6 Å². The quantitative estimate of drug-likeness (QED) is 0.246. The van der Waals surface area contributed by atoms with E-state index in [1.807, 2.05) is 0 Å². The molecule has 0 N–H and O–H groups in total. The second-order valence-corrected chi connectivity index (χ2v) is 11.3. The van der Waals surface area contributed by atoms with Gasteiger partial charge < -0.3 is 9.64 Å². The summed E-state index contributed by atoms with van der Waals surface area (Å²) in [6, 6.07) is 41.8. The Morgan fingerprint density at radius 1 is 0.605 bits per heavy atom. The Morgan fingerprint density at radius 2 is 1.18 bits per heavy atom. The van der Waals surface area contributed by atoms with Crippen molar-refractivity contribution in [3.05, 3.63) is 126 Å². The molecule has 0 unspecified atom stereocenters. The highest BCUT2D eigenvalue weighted by atomic mass is 16.5. The summed E-state index contributed by atoms with van der Waals surface area (Å²) < 4.78 is 6.83. The van der Waals surface area contributed by atoms with Crippen LogP contribution >= 0.6 is 0 Å². The zero-order chi connectivity index (χ0) is 25.7. The average Bonchev–Trinajstić information content (AvgIpc) is 3.50. The fourth-order valence-corrected chi connectivity index (χ4v) is 6.75. The van der Waals surface area contributed by atoms with E-state index in [1.54, 1.807) is 0 Å². The topological polar surface area (TPSA) is 12.5 Å². The molecule has 0 atom stereocenters. The molecule has 1 fully saturated rings.